The lowest BCUT2D eigenvalue weighted by molar-refractivity contribution is -0.146. The van der Waals surface area contributed by atoms with Gasteiger partial charge in [-0.1, -0.05) is 0 Å². The van der Waals surface area contributed by atoms with Crippen LogP contribution < -0.4 is 4.72 Å². The molecule has 0 radical (unpaired) electrons. The molecule has 0 saturated carbocycles. The van der Waals surface area contributed by atoms with Crippen LogP contribution in [0.4, 0.5) is 0 Å². The number of carbonyl (C=O) groups is 1. The Bertz CT molecular complexity index is 379. The van der Waals surface area contributed by atoms with E-state index in [0.29, 0.717) is 12.8 Å². The van der Waals surface area contributed by atoms with Crippen LogP contribution in [0.3, 0.4) is 0 Å². The number of hydrogen-bond acceptors (Lipinski definition) is 3. The molecular weight excluding hydrogens is 232 g/mol. The molecule has 1 rings (SSSR count). The maximum Gasteiger partial charge on any atom is 0.324 e. The first-order valence-corrected chi connectivity index (χ1v) is 6.67. The average molecular weight is 250 g/mol. The summed E-state index contributed by atoms with van der Waals surface area (Å²) < 4.78 is 27.3. The SMILES string of the molecule is CC(C)NS(=O)(=O)N1CCCC1(C)C(=O)O. The molecule has 16 heavy (non-hydrogen) atoms. The Morgan fingerprint density at radius 3 is 2.50 bits per heavy atom. The topological polar surface area (TPSA) is 86.7 Å². The van der Waals surface area contributed by atoms with Crippen molar-refractivity contribution in [3.8, 4) is 0 Å². The molecule has 1 aliphatic heterocycles. The highest BCUT2D eigenvalue weighted by Gasteiger charge is 2.49. The van der Waals surface area contributed by atoms with Crippen LogP contribution in [0.5, 0.6) is 0 Å². The van der Waals surface area contributed by atoms with Crippen molar-refractivity contribution in [2.45, 2.75) is 45.2 Å². The van der Waals surface area contributed by atoms with Gasteiger partial charge in [-0.25, -0.2) is 0 Å². The van der Waals surface area contributed by atoms with E-state index in [4.69, 9.17) is 5.11 Å². The van der Waals surface area contributed by atoms with Crippen molar-refractivity contribution in [2.75, 3.05) is 6.54 Å². The molecule has 1 saturated heterocycles. The summed E-state index contributed by atoms with van der Waals surface area (Å²) in [5, 5.41) is 9.11. The fourth-order valence-corrected chi connectivity index (χ4v) is 3.69. The number of carboxylic acid groups (broad SMARTS) is 1. The van der Waals surface area contributed by atoms with Gasteiger partial charge in [0.2, 0.25) is 0 Å². The lowest BCUT2D eigenvalue weighted by Gasteiger charge is -2.30. The van der Waals surface area contributed by atoms with Crippen molar-refractivity contribution < 1.29 is 18.3 Å². The van der Waals surface area contributed by atoms with Crippen molar-refractivity contribution in [1.29, 1.82) is 0 Å². The third kappa shape index (κ3) is 2.36. The predicted molar refractivity (Wildman–Crippen MR) is 59.2 cm³/mol. The maximum atomic E-state index is 11.9. The molecule has 0 bridgehead atoms. The Balaban J connectivity index is 3.00. The Kier molecular flexibility index (Phi) is 3.61. The first-order chi connectivity index (χ1) is 7.20. The molecule has 0 aliphatic carbocycles. The molecule has 94 valence electrons. The fourth-order valence-electron chi connectivity index (χ4n) is 1.90. The van der Waals surface area contributed by atoms with Crippen LogP contribution in [-0.2, 0) is 15.0 Å². The first kappa shape index (κ1) is 13.4. The van der Waals surface area contributed by atoms with Gasteiger partial charge in [0.05, 0.1) is 0 Å². The molecule has 1 unspecified atom stereocenters. The quantitative estimate of drug-likeness (QED) is 0.744. The van der Waals surface area contributed by atoms with Crippen LogP contribution in [0, 0.1) is 0 Å². The standard InChI is InChI=1S/C9H18N2O4S/c1-7(2)10-16(14,15)11-6-4-5-9(11,3)8(12)13/h7,10H,4-6H2,1-3H3,(H,12,13). The Labute approximate surface area is 95.8 Å². The molecule has 0 aromatic carbocycles. The largest absolute Gasteiger partial charge is 0.480 e. The molecule has 0 amide bonds. The summed E-state index contributed by atoms with van der Waals surface area (Å²) in [5.41, 5.74) is -1.32. The van der Waals surface area contributed by atoms with Gasteiger partial charge in [0.15, 0.2) is 0 Å². The van der Waals surface area contributed by atoms with E-state index in [1.165, 1.54) is 6.92 Å². The van der Waals surface area contributed by atoms with E-state index in [-0.39, 0.29) is 12.6 Å². The van der Waals surface area contributed by atoms with E-state index in [1.807, 2.05) is 0 Å². The van der Waals surface area contributed by atoms with Gasteiger partial charge in [-0.05, 0) is 33.6 Å². The van der Waals surface area contributed by atoms with Crippen molar-refractivity contribution in [3.05, 3.63) is 0 Å². The highest BCUT2D eigenvalue weighted by atomic mass is 32.2. The van der Waals surface area contributed by atoms with Crippen molar-refractivity contribution in [1.82, 2.24) is 9.03 Å². The third-order valence-electron chi connectivity index (χ3n) is 2.71. The van der Waals surface area contributed by atoms with Crippen molar-refractivity contribution >= 4 is 16.2 Å². The normalized spacial score (nSPS) is 27.5. The van der Waals surface area contributed by atoms with E-state index in [9.17, 15) is 13.2 Å². The van der Waals surface area contributed by atoms with Gasteiger partial charge in [0.25, 0.3) is 10.2 Å². The summed E-state index contributed by atoms with van der Waals surface area (Å²) in [6.07, 6.45) is 0.920. The van der Waals surface area contributed by atoms with Gasteiger partial charge in [-0.2, -0.15) is 17.4 Å². The molecule has 1 aliphatic rings. The highest BCUT2D eigenvalue weighted by molar-refractivity contribution is 7.87. The number of aliphatic carboxylic acids is 1. The van der Waals surface area contributed by atoms with Crippen LogP contribution in [0.2, 0.25) is 0 Å². The lowest BCUT2D eigenvalue weighted by Crippen LogP contribution is -2.55. The molecule has 6 nitrogen and oxygen atoms in total. The zero-order valence-corrected chi connectivity index (χ0v) is 10.5. The number of nitrogens with zero attached hydrogens (tertiary/aromatic N) is 1. The highest BCUT2D eigenvalue weighted by Crippen LogP contribution is 2.31. The van der Waals surface area contributed by atoms with Gasteiger partial charge in [-0.3, -0.25) is 4.79 Å². The summed E-state index contributed by atoms with van der Waals surface area (Å²) in [6.45, 7) is 5.10. The van der Waals surface area contributed by atoms with E-state index in [1.54, 1.807) is 13.8 Å². The summed E-state index contributed by atoms with van der Waals surface area (Å²) in [5.74, 6) is -1.10. The zero-order valence-electron chi connectivity index (χ0n) is 9.73. The average Bonchev–Trinajstić information content (AvgIpc) is 2.46. The van der Waals surface area contributed by atoms with Gasteiger partial charge in [-0.15, -0.1) is 0 Å². The molecule has 1 heterocycles. The second-order valence-electron chi connectivity index (χ2n) is 4.53. The lowest BCUT2D eigenvalue weighted by atomic mass is 10.0. The Morgan fingerprint density at radius 1 is 1.50 bits per heavy atom. The summed E-state index contributed by atoms with van der Waals surface area (Å²) >= 11 is 0. The minimum absolute atomic E-state index is 0.247. The van der Waals surface area contributed by atoms with Crippen LogP contribution in [-0.4, -0.2) is 41.9 Å². The summed E-state index contributed by atoms with van der Waals surface area (Å²) in [4.78, 5) is 11.1. The smallest absolute Gasteiger partial charge is 0.324 e. The predicted octanol–water partition coefficient (Wildman–Crippen LogP) is 0.168. The Morgan fingerprint density at radius 2 is 2.06 bits per heavy atom. The van der Waals surface area contributed by atoms with E-state index in [2.05, 4.69) is 4.72 Å². The first-order valence-electron chi connectivity index (χ1n) is 5.23. The maximum absolute atomic E-state index is 11.9. The zero-order chi connectivity index (χ0) is 12.6. The van der Waals surface area contributed by atoms with E-state index in [0.717, 1.165) is 4.31 Å². The van der Waals surface area contributed by atoms with Crippen molar-refractivity contribution in [2.24, 2.45) is 0 Å². The molecular formula is C9H18N2O4S. The minimum atomic E-state index is -3.71. The van der Waals surface area contributed by atoms with Gasteiger partial charge in [0, 0.05) is 12.6 Å². The summed E-state index contributed by atoms with van der Waals surface area (Å²) in [6, 6.07) is -0.247. The second kappa shape index (κ2) is 4.31. The molecule has 2 N–H and O–H groups in total. The number of hydrogen-bond donors (Lipinski definition) is 2. The van der Waals surface area contributed by atoms with E-state index < -0.39 is 21.7 Å². The number of carboxylic acids is 1. The minimum Gasteiger partial charge on any atom is -0.480 e. The fraction of sp³-hybridized carbons (Fsp3) is 0.889. The van der Waals surface area contributed by atoms with Crippen LogP contribution in [0.15, 0.2) is 0 Å². The van der Waals surface area contributed by atoms with Crippen LogP contribution >= 0.6 is 0 Å². The molecule has 0 aromatic heterocycles. The number of rotatable bonds is 4. The number of nitrogens with one attached hydrogen (secondary N) is 1. The third-order valence-corrected chi connectivity index (χ3v) is 4.65. The monoisotopic (exact) mass is 250 g/mol. The summed E-state index contributed by atoms with van der Waals surface area (Å²) in [7, 11) is -3.71. The second-order valence-corrected chi connectivity index (χ2v) is 6.16. The van der Waals surface area contributed by atoms with Gasteiger partial charge >= 0.3 is 5.97 Å². The van der Waals surface area contributed by atoms with Crippen LogP contribution in [0.25, 0.3) is 0 Å². The van der Waals surface area contributed by atoms with Crippen molar-refractivity contribution in [3.63, 3.8) is 0 Å². The molecule has 1 fully saturated rings. The molecule has 1 atom stereocenters. The Hall–Kier alpha value is -0.660. The molecule has 0 spiro atoms. The van der Waals surface area contributed by atoms with Crippen LogP contribution in [0.1, 0.15) is 33.6 Å². The molecule has 7 heteroatoms. The van der Waals surface area contributed by atoms with E-state index >= 15 is 0 Å². The van der Waals surface area contributed by atoms with Gasteiger partial charge in [0.1, 0.15) is 5.54 Å². The van der Waals surface area contributed by atoms with Gasteiger partial charge < -0.3 is 5.11 Å². The molecule has 0 aromatic rings.